The third-order valence-electron chi connectivity index (χ3n) is 5.98. The molecule has 188 valence electrons. The van der Waals surface area contributed by atoms with Crippen LogP contribution in [0.25, 0.3) is 0 Å². The van der Waals surface area contributed by atoms with Crippen molar-refractivity contribution in [2.45, 2.75) is 56.7 Å². The molecule has 7 atom stereocenters. The van der Waals surface area contributed by atoms with Crippen molar-refractivity contribution in [1.82, 2.24) is 20.9 Å². The van der Waals surface area contributed by atoms with Crippen molar-refractivity contribution in [3.05, 3.63) is 29.8 Å². The molecule has 1 aromatic rings. The van der Waals surface area contributed by atoms with Gasteiger partial charge in [0.15, 0.2) is 0 Å². The summed E-state index contributed by atoms with van der Waals surface area (Å²) < 4.78 is 0. The number of aliphatic hydroxyl groups is 3. The highest BCUT2D eigenvalue weighted by molar-refractivity contribution is 5.94. The first-order chi connectivity index (χ1) is 16.1. The predicted molar refractivity (Wildman–Crippen MR) is 119 cm³/mol. The van der Waals surface area contributed by atoms with Crippen LogP contribution in [0.3, 0.4) is 0 Å². The lowest BCUT2D eigenvalue weighted by atomic mass is 9.97. The number of amides is 4. The maximum Gasteiger partial charge on any atom is 0.246 e. The van der Waals surface area contributed by atoms with E-state index in [0.29, 0.717) is 0 Å². The number of aromatic hydroxyl groups is 1. The summed E-state index contributed by atoms with van der Waals surface area (Å²) in [7, 11) is 1.39. The predicted octanol–water partition coefficient (Wildman–Crippen LogP) is -2.25. The number of likely N-dealkylation sites (N-methyl/N-ethyl adjacent to an activating group) is 1. The Morgan fingerprint density at radius 2 is 1.82 bits per heavy atom. The molecule has 0 saturated carbocycles. The van der Waals surface area contributed by atoms with E-state index >= 15 is 0 Å². The number of nitrogens with one attached hydrogen (secondary N) is 3. The summed E-state index contributed by atoms with van der Waals surface area (Å²) in [5.74, 6) is -2.51. The van der Waals surface area contributed by atoms with Crippen LogP contribution in [-0.4, -0.2) is 93.4 Å². The van der Waals surface area contributed by atoms with Crippen LogP contribution in [0.5, 0.6) is 5.75 Å². The molecule has 0 radical (unpaired) electrons. The van der Waals surface area contributed by atoms with Gasteiger partial charge in [0.05, 0.1) is 6.10 Å². The highest BCUT2D eigenvalue weighted by atomic mass is 16.3. The van der Waals surface area contributed by atoms with E-state index in [2.05, 4.69) is 16.0 Å². The molecule has 1 heterocycles. The van der Waals surface area contributed by atoms with Gasteiger partial charge in [0.25, 0.3) is 0 Å². The largest absolute Gasteiger partial charge is 0.508 e. The van der Waals surface area contributed by atoms with Crippen LogP contribution in [0.4, 0.5) is 0 Å². The molecule has 34 heavy (non-hydrogen) atoms. The Labute approximate surface area is 196 Å². The van der Waals surface area contributed by atoms with Gasteiger partial charge in [0.1, 0.15) is 36.1 Å². The summed E-state index contributed by atoms with van der Waals surface area (Å²) >= 11 is 0. The molecule has 12 nitrogen and oxygen atoms in total. The van der Waals surface area contributed by atoms with Gasteiger partial charge in [0.2, 0.25) is 24.1 Å². The van der Waals surface area contributed by atoms with Gasteiger partial charge in [-0.15, -0.1) is 0 Å². The smallest absolute Gasteiger partial charge is 0.246 e. The van der Waals surface area contributed by atoms with Gasteiger partial charge in [-0.25, -0.2) is 0 Å². The molecular weight excluding hydrogens is 448 g/mol. The third kappa shape index (κ3) is 5.82. The van der Waals surface area contributed by atoms with Gasteiger partial charge in [-0.1, -0.05) is 26.0 Å². The van der Waals surface area contributed by atoms with Crippen LogP contribution in [0.2, 0.25) is 0 Å². The minimum absolute atomic E-state index is 0.0635. The average Bonchev–Trinajstić information content (AvgIpc) is 3.13. The number of likely N-dealkylation sites (tertiary alicyclic amines) is 1. The second kappa shape index (κ2) is 11.8. The zero-order valence-electron chi connectivity index (χ0n) is 19.2. The van der Waals surface area contributed by atoms with E-state index in [-0.39, 0.29) is 36.6 Å². The van der Waals surface area contributed by atoms with Crippen molar-refractivity contribution in [2.24, 2.45) is 5.92 Å². The Bertz CT molecular complexity index is 880. The summed E-state index contributed by atoms with van der Waals surface area (Å²) in [6.45, 7) is 3.42. The Balaban J connectivity index is 2.19. The van der Waals surface area contributed by atoms with E-state index in [9.17, 15) is 39.6 Å². The van der Waals surface area contributed by atoms with Gasteiger partial charge in [-0.2, -0.15) is 0 Å². The molecule has 4 amide bonds. The first kappa shape index (κ1) is 27.0. The minimum Gasteiger partial charge on any atom is -0.508 e. The average molecular weight is 481 g/mol. The number of benzene rings is 1. The number of aliphatic hydroxyl groups excluding tert-OH is 3. The molecule has 7 unspecified atom stereocenters. The third-order valence-corrected chi connectivity index (χ3v) is 5.98. The van der Waals surface area contributed by atoms with Crippen molar-refractivity contribution >= 4 is 24.1 Å². The van der Waals surface area contributed by atoms with E-state index in [1.165, 1.54) is 36.2 Å². The van der Waals surface area contributed by atoms with E-state index in [1.807, 2.05) is 0 Å². The topological polar surface area (TPSA) is 189 Å². The fraction of sp³-hybridized carbons (Fsp3) is 0.545. The number of carbonyl (C=O) groups excluding carboxylic acids is 4. The van der Waals surface area contributed by atoms with Gasteiger partial charge >= 0.3 is 0 Å². The molecule has 1 saturated heterocycles. The molecule has 0 aliphatic carbocycles. The molecular formula is C22H32N4O8. The number of hydrogen-bond acceptors (Lipinski definition) is 8. The number of nitrogens with zero attached hydrogens (tertiary/aromatic N) is 1. The minimum atomic E-state index is -1.78. The molecule has 0 spiro atoms. The number of hydrogen-bond donors (Lipinski definition) is 7. The maximum absolute atomic E-state index is 13.2. The van der Waals surface area contributed by atoms with Crippen molar-refractivity contribution in [2.75, 3.05) is 13.6 Å². The van der Waals surface area contributed by atoms with Gasteiger partial charge in [-0.3, -0.25) is 19.2 Å². The summed E-state index contributed by atoms with van der Waals surface area (Å²) in [5.41, 5.74) is 0.187. The van der Waals surface area contributed by atoms with Gasteiger partial charge in [-0.05, 0) is 24.1 Å². The summed E-state index contributed by atoms with van der Waals surface area (Å²) in [6, 6.07) is 1.41. The zero-order chi connectivity index (χ0) is 25.6. The summed E-state index contributed by atoms with van der Waals surface area (Å²) in [4.78, 5) is 50.6. The van der Waals surface area contributed by atoms with Crippen molar-refractivity contribution < 1.29 is 39.6 Å². The van der Waals surface area contributed by atoms with Crippen molar-refractivity contribution in [1.29, 1.82) is 0 Å². The number of phenolic OH excluding ortho intramolecular Hbond substituents is 1. The lowest BCUT2D eigenvalue weighted by Crippen LogP contribution is -2.59. The monoisotopic (exact) mass is 480 g/mol. The van der Waals surface area contributed by atoms with E-state index in [4.69, 9.17) is 0 Å². The maximum atomic E-state index is 13.2. The Kier molecular flexibility index (Phi) is 9.36. The molecule has 1 aromatic carbocycles. The molecule has 0 aromatic heterocycles. The molecule has 2 rings (SSSR count). The second-order valence-electron chi connectivity index (χ2n) is 8.28. The van der Waals surface area contributed by atoms with E-state index in [1.54, 1.807) is 13.8 Å². The van der Waals surface area contributed by atoms with E-state index in [0.717, 1.165) is 0 Å². The van der Waals surface area contributed by atoms with Crippen LogP contribution >= 0.6 is 0 Å². The number of carbonyl (C=O) groups is 4. The highest BCUT2D eigenvalue weighted by Crippen LogP contribution is 2.25. The van der Waals surface area contributed by atoms with Crippen LogP contribution in [0, 0.1) is 5.92 Å². The first-order valence-corrected chi connectivity index (χ1v) is 10.9. The lowest BCUT2D eigenvalue weighted by molar-refractivity contribution is -0.144. The van der Waals surface area contributed by atoms with Crippen molar-refractivity contribution in [3.63, 3.8) is 0 Å². The summed E-state index contributed by atoms with van der Waals surface area (Å²) in [6.07, 6.45) is -4.15. The number of rotatable bonds is 10. The Hall–Kier alpha value is -3.22. The molecule has 1 fully saturated rings. The molecule has 1 aliphatic heterocycles. The van der Waals surface area contributed by atoms with Gasteiger partial charge in [0, 0.05) is 19.5 Å². The quantitative estimate of drug-likeness (QED) is 0.183. The molecule has 7 N–H and O–H groups in total. The lowest BCUT2D eigenvalue weighted by Gasteiger charge is -2.31. The second-order valence-corrected chi connectivity index (χ2v) is 8.28. The van der Waals surface area contributed by atoms with Crippen molar-refractivity contribution in [3.8, 4) is 5.75 Å². The fourth-order valence-corrected chi connectivity index (χ4v) is 3.95. The molecule has 12 heteroatoms. The Morgan fingerprint density at radius 1 is 1.21 bits per heavy atom. The van der Waals surface area contributed by atoms with Crippen LogP contribution in [0.15, 0.2) is 24.3 Å². The van der Waals surface area contributed by atoms with Crippen LogP contribution < -0.4 is 16.0 Å². The molecule has 0 bridgehead atoms. The Morgan fingerprint density at radius 3 is 2.35 bits per heavy atom. The van der Waals surface area contributed by atoms with Gasteiger partial charge < -0.3 is 41.3 Å². The SMILES string of the molecule is CCC(NC(=O)C(NC=O)C(O)C(O)c1ccc(O)cc1)C(=O)N1CC(C)C(O)C1C(=O)NC. The molecule has 1 aliphatic rings. The van der Waals surface area contributed by atoms with Crippen LogP contribution in [-0.2, 0) is 19.2 Å². The fourth-order valence-electron chi connectivity index (χ4n) is 3.95. The van der Waals surface area contributed by atoms with Crippen LogP contribution in [0.1, 0.15) is 31.9 Å². The zero-order valence-corrected chi connectivity index (χ0v) is 19.2. The number of phenols is 1. The normalized spacial score (nSPS) is 23.4. The standard InChI is InChI=1S/C22H32N4O8/c1-4-14(22(34)26-9-11(2)17(29)16(26)21(33)23-3)25-20(32)15(24-10-27)19(31)18(30)12-5-7-13(28)8-6-12/h5-8,10-11,14-19,28-31H,4,9H2,1-3H3,(H,23,33)(H,24,27)(H,25,32). The summed E-state index contributed by atoms with van der Waals surface area (Å²) in [5, 5.41) is 47.8. The first-order valence-electron chi connectivity index (χ1n) is 10.9. The van der Waals surface area contributed by atoms with E-state index < -0.39 is 54.2 Å². The highest BCUT2D eigenvalue weighted by Gasteiger charge is 2.46.